The molecular formula is C11H16FN3O2S. The van der Waals surface area contributed by atoms with E-state index in [0.29, 0.717) is 31.7 Å². The fourth-order valence-electron chi connectivity index (χ4n) is 1.80. The molecule has 7 heteroatoms. The Bertz CT molecular complexity index is 501. The van der Waals surface area contributed by atoms with E-state index >= 15 is 0 Å². The Balaban J connectivity index is 1.96. The molecule has 0 amide bonds. The van der Waals surface area contributed by atoms with E-state index in [-0.39, 0.29) is 12.4 Å². The second-order valence-electron chi connectivity index (χ2n) is 4.11. The number of piperazine rings is 1. The van der Waals surface area contributed by atoms with Gasteiger partial charge in [-0.3, -0.25) is 0 Å². The van der Waals surface area contributed by atoms with Crippen molar-refractivity contribution in [2.75, 3.05) is 26.2 Å². The Labute approximate surface area is 106 Å². The summed E-state index contributed by atoms with van der Waals surface area (Å²) < 4.78 is 40.7. The zero-order valence-corrected chi connectivity index (χ0v) is 10.7. The van der Waals surface area contributed by atoms with Gasteiger partial charge in [-0.15, -0.1) is 0 Å². The molecule has 1 aromatic carbocycles. The van der Waals surface area contributed by atoms with Gasteiger partial charge in [0.05, 0.1) is 0 Å². The standard InChI is InChI=1S/C11H16FN3O2S/c12-11-3-1-2-10(8-11)9-14-18(16,17)15-6-4-13-5-7-15/h1-3,8,13-14H,4-7,9H2. The minimum atomic E-state index is -3.47. The molecule has 1 heterocycles. The smallest absolute Gasteiger partial charge is 0.279 e. The SMILES string of the molecule is O=S(=O)(NCc1cccc(F)c1)N1CCNCC1. The van der Waals surface area contributed by atoms with Gasteiger partial charge in [0.1, 0.15) is 5.82 Å². The summed E-state index contributed by atoms with van der Waals surface area (Å²) >= 11 is 0. The molecule has 100 valence electrons. The third-order valence-corrected chi connectivity index (χ3v) is 4.32. The van der Waals surface area contributed by atoms with Crippen LogP contribution in [0.1, 0.15) is 5.56 Å². The lowest BCUT2D eigenvalue weighted by atomic mass is 10.2. The zero-order valence-electron chi connectivity index (χ0n) is 9.89. The predicted molar refractivity (Wildman–Crippen MR) is 66.6 cm³/mol. The van der Waals surface area contributed by atoms with Crippen molar-refractivity contribution in [2.24, 2.45) is 0 Å². The quantitative estimate of drug-likeness (QED) is 0.816. The fraction of sp³-hybridized carbons (Fsp3) is 0.455. The highest BCUT2D eigenvalue weighted by Gasteiger charge is 2.22. The van der Waals surface area contributed by atoms with Crippen LogP contribution in [-0.2, 0) is 16.8 Å². The van der Waals surface area contributed by atoms with Crippen LogP contribution in [0.5, 0.6) is 0 Å². The van der Waals surface area contributed by atoms with Crippen LogP contribution in [0.2, 0.25) is 0 Å². The molecule has 5 nitrogen and oxygen atoms in total. The summed E-state index contributed by atoms with van der Waals surface area (Å²) in [6.07, 6.45) is 0. The zero-order chi connectivity index (χ0) is 13.0. The first-order valence-electron chi connectivity index (χ1n) is 5.78. The van der Waals surface area contributed by atoms with Gasteiger partial charge in [0.15, 0.2) is 0 Å². The van der Waals surface area contributed by atoms with Gasteiger partial charge in [0.2, 0.25) is 0 Å². The first-order valence-corrected chi connectivity index (χ1v) is 7.22. The molecule has 1 aliphatic rings. The molecule has 2 rings (SSSR count). The minimum Gasteiger partial charge on any atom is -0.314 e. The highest BCUT2D eigenvalue weighted by atomic mass is 32.2. The van der Waals surface area contributed by atoms with E-state index in [9.17, 15) is 12.8 Å². The second-order valence-corrected chi connectivity index (χ2v) is 5.86. The van der Waals surface area contributed by atoms with Crippen molar-refractivity contribution < 1.29 is 12.8 Å². The van der Waals surface area contributed by atoms with Crippen LogP contribution in [0.15, 0.2) is 24.3 Å². The molecule has 0 radical (unpaired) electrons. The molecule has 0 unspecified atom stereocenters. The van der Waals surface area contributed by atoms with Gasteiger partial charge in [0.25, 0.3) is 10.2 Å². The average molecular weight is 273 g/mol. The topological polar surface area (TPSA) is 61.4 Å². The first-order chi connectivity index (χ1) is 8.58. The molecule has 0 bridgehead atoms. The van der Waals surface area contributed by atoms with Crippen LogP contribution >= 0.6 is 0 Å². The number of nitrogens with one attached hydrogen (secondary N) is 2. The third kappa shape index (κ3) is 3.49. The molecule has 1 aromatic rings. The Kier molecular flexibility index (Phi) is 4.28. The minimum absolute atomic E-state index is 0.101. The summed E-state index contributed by atoms with van der Waals surface area (Å²) in [6, 6.07) is 5.89. The Morgan fingerprint density at radius 1 is 1.33 bits per heavy atom. The number of rotatable bonds is 4. The number of hydrogen-bond acceptors (Lipinski definition) is 3. The Hall–Kier alpha value is -1.02. The number of nitrogens with zero attached hydrogens (tertiary/aromatic N) is 1. The van der Waals surface area contributed by atoms with E-state index in [2.05, 4.69) is 10.0 Å². The molecule has 1 saturated heterocycles. The maximum atomic E-state index is 12.9. The Morgan fingerprint density at radius 3 is 2.72 bits per heavy atom. The van der Waals surface area contributed by atoms with Crippen LogP contribution in [-0.4, -0.2) is 38.9 Å². The summed E-state index contributed by atoms with van der Waals surface area (Å²) in [5, 5.41) is 3.08. The fourth-order valence-corrected chi connectivity index (χ4v) is 2.99. The van der Waals surface area contributed by atoms with E-state index in [1.165, 1.54) is 16.4 Å². The maximum absolute atomic E-state index is 12.9. The molecule has 0 spiro atoms. The first kappa shape index (κ1) is 13.4. The Morgan fingerprint density at radius 2 is 2.06 bits per heavy atom. The highest BCUT2D eigenvalue weighted by Crippen LogP contribution is 2.05. The van der Waals surface area contributed by atoms with Crippen molar-refractivity contribution in [3.63, 3.8) is 0 Å². The highest BCUT2D eigenvalue weighted by molar-refractivity contribution is 7.87. The summed E-state index contributed by atoms with van der Waals surface area (Å²) in [6.45, 7) is 2.32. The van der Waals surface area contributed by atoms with Crippen molar-refractivity contribution in [1.82, 2.24) is 14.3 Å². The van der Waals surface area contributed by atoms with Gasteiger partial charge < -0.3 is 5.32 Å². The van der Waals surface area contributed by atoms with Crippen molar-refractivity contribution in [3.05, 3.63) is 35.6 Å². The monoisotopic (exact) mass is 273 g/mol. The predicted octanol–water partition coefficient (Wildman–Crippen LogP) is 0.0653. The summed E-state index contributed by atoms with van der Waals surface area (Å²) in [4.78, 5) is 0. The molecular weight excluding hydrogens is 257 g/mol. The van der Waals surface area contributed by atoms with Crippen molar-refractivity contribution in [3.8, 4) is 0 Å². The molecule has 1 fully saturated rings. The lowest BCUT2D eigenvalue weighted by molar-refractivity contribution is 0.354. The maximum Gasteiger partial charge on any atom is 0.279 e. The van der Waals surface area contributed by atoms with Gasteiger partial charge in [0, 0.05) is 32.7 Å². The van der Waals surface area contributed by atoms with Crippen LogP contribution in [0.3, 0.4) is 0 Å². The normalized spacial score (nSPS) is 17.8. The van der Waals surface area contributed by atoms with Gasteiger partial charge >= 0.3 is 0 Å². The van der Waals surface area contributed by atoms with Crippen LogP contribution in [0, 0.1) is 5.82 Å². The number of halogens is 1. The van der Waals surface area contributed by atoms with Gasteiger partial charge in [-0.1, -0.05) is 12.1 Å². The molecule has 0 saturated carbocycles. The van der Waals surface area contributed by atoms with Gasteiger partial charge in [-0.25, -0.2) is 4.39 Å². The van der Waals surface area contributed by atoms with Crippen LogP contribution in [0.4, 0.5) is 4.39 Å². The lowest BCUT2D eigenvalue weighted by Gasteiger charge is -2.26. The van der Waals surface area contributed by atoms with Crippen molar-refractivity contribution >= 4 is 10.2 Å². The molecule has 2 N–H and O–H groups in total. The van der Waals surface area contributed by atoms with E-state index in [4.69, 9.17) is 0 Å². The van der Waals surface area contributed by atoms with Crippen molar-refractivity contribution in [1.29, 1.82) is 0 Å². The molecule has 18 heavy (non-hydrogen) atoms. The van der Waals surface area contributed by atoms with E-state index < -0.39 is 10.2 Å². The summed E-state index contributed by atoms with van der Waals surface area (Å²) in [5.41, 5.74) is 0.605. The van der Waals surface area contributed by atoms with Crippen LogP contribution in [0.25, 0.3) is 0 Å². The van der Waals surface area contributed by atoms with Crippen molar-refractivity contribution in [2.45, 2.75) is 6.54 Å². The molecule has 1 aliphatic heterocycles. The third-order valence-electron chi connectivity index (χ3n) is 2.76. The van der Waals surface area contributed by atoms with E-state index in [1.807, 2.05) is 0 Å². The largest absolute Gasteiger partial charge is 0.314 e. The average Bonchev–Trinajstić information content (AvgIpc) is 2.38. The van der Waals surface area contributed by atoms with E-state index in [0.717, 1.165) is 0 Å². The molecule has 0 atom stereocenters. The number of hydrogen-bond donors (Lipinski definition) is 2. The molecule has 0 aromatic heterocycles. The van der Waals surface area contributed by atoms with Crippen LogP contribution < -0.4 is 10.0 Å². The second kappa shape index (κ2) is 5.75. The lowest BCUT2D eigenvalue weighted by Crippen LogP contribution is -2.50. The summed E-state index contributed by atoms with van der Waals surface area (Å²) in [5.74, 6) is -0.367. The number of benzene rings is 1. The van der Waals surface area contributed by atoms with Gasteiger partial charge in [-0.2, -0.15) is 17.4 Å². The van der Waals surface area contributed by atoms with Gasteiger partial charge in [-0.05, 0) is 17.7 Å². The molecule has 0 aliphatic carbocycles. The summed E-state index contributed by atoms with van der Waals surface area (Å²) in [7, 11) is -3.47. The van der Waals surface area contributed by atoms with E-state index in [1.54, 1.807) is 12.1 Å².